The molecule has 1 amide bonds. The summed E-state index contributed by atoms with van der Waals surface area (Å²) < 4.78 is 0. The lowest BCUT2D eigenvalue weighted by Crippen LogP contribution is -2.35. The lowest BCUT2D eigenvalue weighted by molar-refractivity contribution is -0.121. The van der Waals surface area contributed by atoms with Crippen molar-refractivity contribution in [1.82, 2.24) is 5.32 Å². The van der Waals surface area contributed by atoms with Crippen LogP contribution in [-0.4, -0.2) is 23.5 Å². The molecular weight excluding hydrogens is 206 g/mol. The van der Waals surface area contributed by atoms with Crippen LogP contribution in [0.25, 0.3) is 0 Å². The summed E-state index contributed by atoms with van der Waals surface area (Å²) in [5.41, 5.74) is 6.18. The summed E-state index contributed by atoms with van der Waals surface area (Å²) in [5.74, 6) is -0.431. The van der Waals surface area contributed by atoms with Gasteiger partial charge in [-0.1, -0.05) is 35.5 Å². The van der Waals surface area contributed by atoms with Crippen molar-refractivity contribution in [2.75, 3.05) is 6.54 Å². The first kappa shape index (κ1) is 12.0. The third-order valence-electron chi connectivity index (χ3n) is 2.27. The van der Waals surface area contributed by atoms with E-state index >= 15 is 0 Å². The Labute approximate surface area is 94.0 Å². The highest BCUT2D eigenvalue weighted by Gasteiger charge is 2.14. The number of nitrogens with one attached hydrogen (secondary N) is 1. The summed E-state index contributed by atoms with van der Waals surface area (Å²) in [6.45, 7) is 1.85. The molecule has 0 saturated heterocycles. The second-order valence-electron chi connectivity index (χ2n) is 3.44. The predicted molar refractivity (Wildman–Crippen MR) is 61.3 cm³/mol. The molecule has 5 nitrogen and oxygen atoms in total. The lowest BCUT2D eigenvalue weighted by Gasteiger charge is -2.11. The molecule has 0 spiro atoms. The highest BCUT2D eigenvalue weighted by atomic mass is 16.4. The summed E-state index contributed by atoms with van der Waals surface area (Å²) in [6, 6.07) is 9.41. The maximum absolute atomic E-state index is 11.7. The number of nitrogens with zero attached hydrogens (tertiary/aromatic N) is 1. The summed E-state index contributed by atoms with van der Waals surface area (Å²) in [7, 11) is 0. The SMILES string of the molecule is CC(C(=O)NC/C(N)=N/O)c1ccccc1. The second kappa shape index (κ2) is 5.75. The van der Waals surface area contributed by atoms with E-state index in [1.165, 1.54) is 0 Å². The van der Waals surface area contributed by atoms with E-state index in [4.69, 9.17) is 10.9 Å². The monoisotopic (exact) mass is 221 g/mol. The van der Waals surface area contributed by atoms with Crippen LogP contribution in [0.15, 0.2) is 35.5 Å². The number of amides is 1. The van der Waals surface area contributed by atoms with E-state index in [1.54, 1.807) is 6.92 Å². The molecule has 0 aliphatic rings. The maximum Gasteiger partial charge on any atom is 0.227 e. The van der Waals surface area contributed by atoms with Gasteiger partial charge in [-0.25, -0.2) is 0 Å². The van der Waals surface area contributed by atoms with E-state index in [2.05, 4.69) is 10.5 Å². The second-order valence-corrected chi connectivity index (χ2v) is 3.44. The minimum Gasteiger partial charge on any atom is -0.409 e. The maximum atomic E-state index is 11.7. The molecule has 1 rings (SSSR count). The molecule has 16 heavy (non-hydrogen) atoms. The van der Waals surface area contributed by atoms with Gasteiger partial charge in [0.1, 0.15) is 0 Å². The van der Waals surface area contributed by atoms with E-state index in [9.17, 15) is 4.79 Å². The Kier molecular flexibility index (Phi) is 4.32. The van der Waals surface area contributed by atoms with Crippen molar-refractivity contribution < 1.29 is 10.0 Å². The van der Waals surface area contributed by atoms with Gasteiger partial charge >= 0.3 is 0 Å². The number of carbonyl (C=O) groups is 1. The van der Waals surface area contributed by atoms with E-state index in [0.717, 1.165) is 5.56 Å². The molecule has 4 N–H and O–H groups in total. The van der Waals surface area contributed by atoms with Crippen LogP contribution in [0, 0.1) is 0 Å². The van der Waals surface area contributed by atoms with Gasteiger partial charge in [-0.2, -0.15) is 0 Å². The van der Waals surface area contributed by atoms with Gasteiger partial charge in [0.25, 0.3) is 0 Å². The van der Waals surface area contributed by atoms with Crippen molar-refractivity contribution in [3.8, 4) is 0 Å². The molecule has 86 valence electrons. The number of hydrogen-bond donors (Lipinski definition) is 3. The Balaban J connectivity index is 2.55. The molecule has 0 fully saturated rings. The van der Waals surface area contributed by atoms with Gasteiger partial charge in [-0.05, 0) is 12.5 Å². The summed E-state index contributed by atoms with van der Waals surface area (Å²) >= 11 is 0. The number of oxime groups is 1. The van der Waals surface area contributed by atoms with Crippen LogP contribution in [0.3, 0.4) is 0 Å². The van der Waals surface area contributed by atoms with Gasteiger partial charge in [-0.3, -0.25) is 4.79 Å². The molecule has 1 atom stereocenters. The molecule has 0 saturated carbocycles. The Hall–Kier alpha value is -2.04. The zero-order valence-electron chi connectivity index (χ0n) is 9.05. The zero-order chi connectivity index (χ0) is 12.0. The van der Waals surface area contributed by atoms with Crippen LogP contribution in [0.4, 0.5) is 0 Å². The van der Waals surface area contributed by atoms with Crippen LogP contribution >= 0.6 is 0 Å². The predicted octanol–water partition coefficient (Wildman–Crippen LogP) is 0.653. The van der Waals surface area contributed by atoms with Gasteiger partial charge in [0, 0.05) is 0 Å². The van der Waals surface area contributed by atoms with Crippen LogP contribution in [0.5, 0.6) is 0 Å². The van der Waals surface area contributed by atoms with E-state index in [0.29, 0.717) is 0 Å². The number of rotatable bonds is 4. The molecule has 1 unspecified atom stereocenters. The van der Waals surface area contributed by atoms with Gasteiger partial charge in [0.2, 0.25) is 5.91 Å². The molecule has 0 radical (unpaired) electrons. The summed E-state index contributed by atoms with van der Waals surface area (Å²) in [5, 5.41) is 13.7. The Morgan fingerprint density at radius 2 is 2.12 bits per heavy atom. The molecular formula is C11H15N3O2. The summed E-state index contributed by atoms with van der Waals surface area (Å²) in [6.07, 6.45) is 0. The van der Waals surface area contributed by atoms with E-state index < -0.39 is 0 Å². The van der Waals surface area contributed by atoms with Crippen LogP contribution < -0.4 is 11.1 Å². The van der Waals surface area contributed by atoms with Crippen molar-refractivity contribution in [2.45, 2.75) is 12.8 Å². The third-order valence-corrected chi connectivity index (χ3v) is 2.27. The van der Waals surface area contributed by atoms with Gasteiger partial charge in [0.05, 0.1) is 12.5 Å². The fourth-order valence-electron chi connectivity index (χ4n) is 1.26. The van der Waals surface area contributed by atoms with E-state index in [1.807, 2.05) is 30.3 Å². The fourth-order valence-corrected chi connectivity index (χ4v) is 1.26. The molecule has 0 bridgehead atoms. The number of nitrogens with two attached hydrogens (primary N) is 1. The van der Waals surface area contributed by atoms with Crippen molar-refractivity contribution in [3.05, 3.63) is 35.9 Å². The molecule has 1 aromatic carbocycles. The third kappa shape index (κ3) is 3.27. The van der Waals surface area contributed by atoms with Gasteiger partial charge in [0.15, 0.2) is 5.84 Å². The first-order valence-electron chi connectivity index (χ1n) is 4.94. The molecule has 0 heterocycles. The minimum absolute atomic E-state index is 0.0198. The lowest BCUT2D eigenvalue weighted by atomic mass is 10.0. The molecule has 0 aromatic heterocycles. The smallest absolute Gasteiger partial charge is 0.227 e. The van der Waals surface area contributed by atoms with Crippen molar-refractivity contribution >= 4 is 11.7 Å². The average molecular weight is 221 g/mol. The Morgan fingerprint density at radius 1 is 1.50 bits per heavy atom. The molecule has 0 aliphatic heterocycles. The topological polar surface area (TPSA) is 87.7 Å². The highest BCUT2D eigenvalue weighted by molar-refractivity contribution is 5.89. The van der Waals surface area contributed by atoms with Crippen LogP contribution in [0.1, 0.15) is 18.4 Å². The minimum atomic E-state index is -0.257. The largest absolute Gasteiger partial charge is 0.409 e. The van der Waals surface area contributed by atoms with Crippen molar-refractivity contribution in [2.24, 2.45) is 10.9 Å². The first-order chi connectivity index (χ1) is 7.65. The first-order valence-corrected chi connectivity index (χ1v) is 4.94. The molecule has 0 aliphatic carbocycles. The molecule has 5 heteroatoms. The van der Waals surface area contributed by atoms with Crippen molar-refractivity contribution in [1.29, 1.82) is 0 Å². The number of carbonyl (C=O) groups excluding carboxylic acids is 1. The number of benzene rings is 1. The number of hydrogen-bond acceptors (Lipinski definition) is 3. The zero-order valence-corrected chi connectivity index (χ0v) is 9.05. The average Bonchev–Trinajstić information content (AvgIpc) is 2.35. The van der Waals surface area contributed by atoms with Crippen LogP contribution in [-0.2, 0) is 4.79 Å². The van der Waals surface area contributed by atoms with Crippen molar-refractivity contribution in [3.63, 3.8) is 0 Å². The van der Waals surface area contributed by atoms with Gasteiger partial charge < -0.3 is 16.3 Å². The van der Waals surface area contributed by atoms with Gasteiger partial charge in [-0.15, -0.1) is 0 Å². The normalized spacial score (nSPS) is 13.2. The molecule has 1 aromatic rings. The number of amidine groups is 1. The van der Waals surface area contributed by atoms with E-state index in [-0.39, 0.29) is 24.2 Å². The quantitative estimate of drug-likeness (QED) is 0.302. The Morgan fingerprint density at radius 3 is 2.69 bits per heavy atom. The Bertz CT molecular complexity index is 376. The van der Waals surface area contributed by atoms with Crippen LogP contribution in [0.2, 0.25) is 0 Å². The fraction of sp³-hybridized carbons (Fsp3) is 0.273. The highest BCUT2D eigenvalue weighted by Crippen LogP contribution is 2.13. The summed E-state index contributed by atoms with van der Waals surface area (Å²) in [4.78, 5) is 11.7. The standard InChI is InChI=1S/C11H15N3O2/c1-8(9-5-3-2-4-6-9)11(15)13-7-10(12)14-16/h2-6,8,16H,7H2,1H3,(H2,12,14)(H,13,15).